The number of guanidine groups is 1. The van der Waals surface area contributed by atoms with E-state index < -0.39 is 10.0 Å². The Labute approximate surface area is 171 Å². The standard InChI is InChI=1S/C20H27FN4O3S/c1-22-20(23-12-11-16-3-7-18(21)8-4-16)24-15-17-5-9-19(10-6-17)29(26,27)25-13-14-28-2/h3-10,25H,11-15H2,1-2H3,(H2,22,23,24). The molecule has 0 aliphatic carbocycles. The molecular weight excluding hydrogens is 395 g/mol. The Morgan fingerprint density at radius 2 is 1.66 bits per heavy atom. The van der Waals surface area contributed by atoms with Crippen LogP contribution in [0.1, 0.15) is 11.1 Å². The molecule has 9 heteroatoms. The Balaban J connectivity index is 1.80. The van der Waals surface area contributed by atoms with Crippen LogP contribution in [-0.2, 0) is 27.7 Å². The number of methoxy groups -OCH3 is 1. The summed E-state index contributed by atoms with van der Waals surface area (Å²) in [6, 6.07) is 13.0. The predicted octanol–water partition coefficient (Wildman–Crippen LogP) is 1.66. The lowest BCUT2D eigenvalue weighted by molar-refractivity contribution is 0.204. The van der Waals surface area contributed by atoms with Gasteiger partial charge in [0, 0.05) is 33.8 Å². The van der Waals surface area contributed by atoms with E-state index in [1.807, 2.05) is 0 Å². The van der Waals surface area contributed by atoms with Gasteiger partial charge in [0.15, 0.2) is 5.96 Å². The Morgan fingerprint density at radius 3 is 2.28 bits per heavy atom. The Bertz CT molecular complexity index is 885. The fourth-order valence-corrected chi connectivity index (χ4v) is 3.54. The Hall–Kier alpha value is -2.49. The molecule has 2 rings (SSSR count). The van der Waals surface area contributed by atoms with Gasteiger partial charge in [-0.1, -0.05) is 24.3 Å². The first-order chi connectivity index (χ1) is 13.9. The van der Waals surface area contributed by atoms with Crippen molar-refractivity contribution < 1.29 is 17.5 Å². The van der Waals surface area contributed by atoms with Crippen LogP contribution in [0.25, 0.3) is 0 Å². The summed E-state index contributed by atoms with van der Waals surface area (Å²) in [5.41, 5.74) is 1.95. The summed E-state index contributed by atoms with van der Waals surface area (Å²) in [4.78, 5) is 4.37. The van der Waals surface area contributed by atoms with Gasteiger partial charge in [-0.3, -0.25) is 4.99 Å². The molecule has 3 N–H and O–H groups in total. The third-order valence-corrected chi connectivity index (χ3v) is 5.61. The van der Waals surface area contributed by atoms with Gasteiger partial charge in [-0.25, -0.2) is 17.5 Å². The first-order valence-corrected chi connectivity index (χ1v) is 10.7. The molecule has 2 aromatic carbocycles. The summed E-state index contributed by atoms with van der Waals surface area (Å²) in [7, 11) is -0.346. The molecule has 29 heavy (non-hydrogen) atoms. The summed E-state index contributed by atoms with van der Waals surface area (Å²) >= 11 is 0. The molecule has 0 saturated heterocycles. The van der Waals surface area contributed by atoms with Crippen LogP contribution in [0.2, 0.25) is 0 Å². The minimum atomic E-state index is -3.54. The number of halogens is 1. The maximum Gasteiger partial charge on any atom is 0.240 e. The van der Waals surface area contributed by atoms with Crippen molar-refractivity contribution in [1.29, 1.82) is 0 Å². The van der Waals surface area contributed by atoms with E-state index >= 15 is 0 Å². The molecule has 0 aliphatic rings. The summed E-state index contributed by atoms with van der Waals surface area (Å²) < 4.78 is 44.6. The third kappa shape index (κ3) is 7.80. The van der Waals surface area contributed by atoms with Gasteiger partial charge in [0.25, 0.3) is 0 Å². The molecule has 0 fully saturated rings. The highest BCUT2D eigenvalue weighted by molar-refractivity contribution is 7.89. The molecule has 0 spiro atoms. The average Bonchev–Trinajstić information content (AvgIpc) is 2.72. The molecular formula is C20H27FN4O3S. The second-order valence-corrected chi connectivity index (χ2v) is 8.03. The van der Waals surface area contributed by atoms with Crippen molar-refractivity contribution >= 4 is 16.0 Å². The molecule has 0 unspecified atom stereocenters. The number of aliphatic imine (C=N–C) groups is 1. The molecule has 0 radical (unpaired) electrons. The van der Waals surface area contributed by atoms with E-state index in [1.54, 1.807) is 43.4 Å². The summed E-state index contributed by atoms with van der Waals surface area (Å²) in [5, 5.41) is 6.37. The second kappa shape index (κ2) is 11.5. The van der Waals surface area contributed by atoms with E-state index in [9.17, 15) is 12.8 Å². The minimum absolute atomic E-state index is 0.208. The fourth-order valence-electron chi connectivity index (χ4n) is 2.53. The van der Waals surface area contributed by atoms with Gasteiger partial charge in [0.05, 0.1) is 11.5 Å². The van der Waals surface area contributed by atoms with Crippen molar-refractivity contribution in [2.24, 2.45) is 4.99 Å². The number of hydrogen-bond acceptors (Lipinski definition) is 4. The number of nitrogens with zero attached hydrogens (tertiary/aromatic N) is 1. The normalized spacial score (nSPS) is 12.0. The van der Waals surface area contributed by atoms with Crippen LogP contribution >= 0.6 is 0 Å². The van der Waals surface area contributed by atoms with Gasteiger partial charge in [0.1, 0.15) is 5.82 Å². The molecule has 0 saturated carbocycles. The van der Waals surface area contributed by atoms with E-state index in [1.165, 1.54) is 19.2 Å². The molecule has 158 valence electrons. The topological polar surface area (TPSA) is 91.8 Å². The van der Waals surface area contributed by atoms with Gasteiger partial charge >= 0.3 is 0 Å². The van der Waals surface area contributed by atoms with Crippen molar-refractivity contribution in [1.82, 2.24) is 15.4 Å². The van der Waals surface area contributed by atoms with Crippen molar-refractivity contribution in [3.05, 3.63) is 65.5 Å². The third-order valence-electron chi connectivity index (χ3n) is 4.13. The average molecular weight is 423 g/mol. The number of sulfonamides is 1. The van der Waals surface area contributed by atoms with Crippen LogP contribution in [-0.4, -0.2) is 48.2 Å². The van der Waals surface area contributed by atoms with Crippen LogP contribution < -0.4 is 15.4 Å². The van der Waals surface area contributed by atoms with Crippen LogP contribution in [0, 0.1) is 5.82 Å². The van der Waals surface area contributed by atoms with Crippen LogP contribution in [0.5, 0.6) is 0 Å². The van der Waals surface area contributed by atoms with Crippen LogP contribution in [0.15, 0.2) is 58.4 Å². The highest BCUT2D eigenvalue weighted by Crippen LogP contribution is 2.10. The molecule has 0 atom stereocenters. The lowest BCUT2D eigenvalue weighted by Crippen LogP contribution is -2.37. The zero-order valence-corrected chi connectivity index (χ0v) is 17.4. The molecule has 0 heterocycles. The van der Waals surface area contributed by atoms with Gasteiger partial charge < -0.3 is 15.4 Å². The van der Waals surface area contributed by atoms with E-state index in [-0.39, 0.29) is 17.3 Å². The Morgan fingerprint density at radius 1 is 1.00 bits per heavy atom. The lowest BCUT2D eigenvalue weighted by Gasteiger charge is -2.12. The lowest BCUT2D eigenvalue weighted by atomic mass is 10.1. The number of ether oxygens (including phenoxy) is 1. The summed E-state index contributed by atoms with van der Waals surface area (Å²) in [6.07, 6.45) is 0.740. The monoisotopic (exact) mass is 422 g/mol. The number of benzene rings is 2. The highest BCUT2D eigenvalue weighted by atomic mass is 32.2. The number of rotatable bonds is 10. The van der Waals surface area contributed by atoms with Crippen LogP contribution in [0.3, 0.4) is 0 Å². The van der Waals surface area contributed by atoms with Crippen molar-refractivity contribution in [3.8, 4) is 0 Å². The molecule has 0 aliphatic heterocycles. The maximum atomic E-state index is 12.9. The van der Waals surface area contributed by atoms with E-state index in [4.69, 9.17) is 4.74 Å². The Kier molecular flexibility index (Phi) is 9.04. The molecule has 0 bridgehead atoms. The fraction of sp³-hybridized carbons (Fsp3) is 0.350. The largest absolute Gasteiger partial charge is 0.383 e. The highest BCUT2D eigenvalue weighted by Gasteiger charge is 2.12. The maximum absolute atomic E-state index is 12.9. The zero-order chi connectivity index (χ0) is 21.1. The first kappa shape index (κ1) is 22.8. The van der Waals surface area contributed by atoms with Crippen LogP contribution in [0.4, 0.5) is 4.39 Å². The second-order valence-electron chi connectivity index (χ2n) is 6.26. The number of hydrogen-bond donors (Lipinski definition) is 3. The SMILES string of the molecule is CN=C(NCCc1ccc(F)cc1)NCc1ccc(S(=O)(=O)NCCOC)cc1. The van der Waals surface area contributed by atoms with Crippen molar-refractivity contribution in [3.63, 3.8) is 0 Å². The van der Waals surface area contributed by atoms with Gasteiger partial charge in [-0.15, -0.1) is 0 Å². The molecule has 7 nitrogen and oxygen atoms in total. The summed E-state index contributed by atoms with van der Waals surface area (Å²) in [5.74, 6) is 0.383. The quantitative estimate of drug-likeness (QED) is 0.308. The zero-order valence-electron chi connectivity index (χ0n) is 16.6. The van der Waals surface area contributed by atoms with E-state index in [0.29, 0.717) is 25.7 Å². The molecule has 0 amide bonds. The van der Waals surface area contributed by atoms with E-state index in [2.05, 4.69) is 20.3 Å². The van der Waals surface area contributed by atoms with Gasteiger partial charge in [-0.2, -0.15) is 0 Å². The number of nitrogens with one attached hydrogen (secondary N) is 3. The molecule has 2 aromatic rings. The molecule has 0 aromatic heterocycles. The predicted molar refractivity (Wildman–Crippen MR) is 112 cm³/mol. The van der Waals surface area contributed by atoms with Crippen molar-refractivity contribution in [2.45, 2.75) is 17.9 Å². The smallest absolute Gasteiger partial charge is 0.240 e. The summed E-state index contributed by atoms with van der Waals surface area (Å²) in [6.45, 7) is 1.68. The van der Waals surface area contributed by atoms with Crippen molar-refractivity contribution in [2.75, 3.05) is 33.9 Å². The first-order valence-electron chi connectivity index (χ1n) is 9.21. The van der Waals surface area contributed by atoms with Gasteiger partial charge in [0.2, 0.25) is 10.0 Å². The minimum Gasteiger partial charge on any atom is -0.383 e. The van der Waals surface area contributed by atoms with E-state index in [0.717, 1.165) is 17.5 Å². The van der Waals surface area contributed by atoms with Gasteiger partial charge in [-0.05, 0) is 41.8 Å².